The number of carbonyl (C=O) groups excluding carboxylic acids is 2. The molecule has 0 saturated heterocycles. The third kappa shape index (κ3) is 4.25. The number of hydrogen-bond acceptors (Lipinski definition) is 7. The van der Waals surface area contributed by atoms with E-state index in [9.17, 15) is 18.0 Å². The number of hydrazine groups is 1. The highest BCUT2D eigenvalue weighted by Crippen LogP contribution is 2.27. The molecular weight excluding hydrogens is 450 g/mol. The van der Waals surface area contributed by atoms with Crippen molar-refractivity contribution in [1.82, 2.24) is 20.6 Å². The molecule has 0 aliphatic carbocycles. The first kappa shape index (κ1) is 21.7. The number of aromatic nitrogens is 1. The normalized spacial score (nSPS) is 16.1. The van der Waals surface area contributed by atoms with Crippen LogP contribution in [0, 0.1) is 6.92 Å². The molecule has 0 saturated carbocycles. The molecule has 3 aromatic rings. The van der Waals surface area contributed by atoms with Crippen molar-refractivity contribution in [2.75, 3.05) is 0 Å². The maximum absolute atomic E-state index is 12.5. The van der Waals surface area contributed by atoms with Gasteiger partial charge in [-0.3, -0.25) is 30.2 Å². The minimum atomic E-state index is -3.70. The first-order chi connectivity index (χ1) is 15.3. The number of fused-ring (bicyclic) bond motifs is 1. The van der Waals surface area contributed by atoms with Gasteiger partial charge in [0.05, 0.1) is 10.6 Å². The molecule has 2 aromatic carbocycles. The molecule has 0 radical (unpaired) electrons. The number of benzene rings is 2. The van der Waals surface area contributed by atoms with Crippen LogP contribution in [-0.2, 0) is 14.8 Å². The molecule has 1 aliphatic heterocycles. The van der Waals surface area contributed by atoms with Gasteiger partial charge in [-0.1, -0.05) is 42.5 Å². The number of aliphatic imine (C=N–C) groups is 1. The molecule has 0 fully saturated rings. The van der Waals surface area contributed by atoms with Crippen molar-refractivity contribution in [1.29, 1.82) is 0 Å². The van der Waals surface area contributed by atoms with Crippen LogP contribution in [0.1, 0.15) is 27.9 Å². The molecular formula is C21H19N5O4S2. The van der Waals surface area contributed by atoms with Gasteiger partial charge in [0, 0.05) is 11.1 Å². The Morgan fingerprint density at radius 2 is 1.75 bits per heavy atom. The third-order valence-corrected chi connectivity index (χ3v) is 7.29. The molecule has 0 unspecified atom stereocenters. The monoisotopic (exact) mass is 469 g/mol. The Hall–Kier alpha value is -3.57. The highest BCUT2D eigenvalue weighted by Gasteiger charge is 2.31. The fourth-order valence-corrected chi connectivity index (χ4v) is 5.28. The quantitative estimate of drug-likeness (QED) is 0.503. The predicted molar refractivity (Wildman–Crippen MR) is 121 cm³/mol. The van der Waals surface area contributed by atoms with E-state index in [1.807, 2.05) is 30.3 Å². The van der Waals surface area contributed by atoms with Gasteiger partial charge in [0.25, 0.3) is 21.8 Å². The van der Waals surface area contributed by atoms with Crippen molar-refractivity contribution >= 4 is 39.0 Å². The van der Waals surface area contributed by atoms with Crippen LogP contribution in [0.3, 0.4) is 0 Å². The summed E-state index contributed by atoms with van der Waals surface area (Å²) in [5.74, 6) is -1.01. The predicted octanol–water partition coefficient (Wildman–Crippen LogP) is 2.01. The SMILES string of the molecule is Cc1nc(-c2ccccc2)sc1C(=O)NNC(=O)[C@H](C)N=C1NS(=O)(=O)c2ccccc21. The topological polar surface area (TPSA) is 130 Å². The van der Waals surface area contributed by atoms with Crippen LogP contribution in [0.4, 0.5) is 0 Å². The Morgan fingerprint density at radius 3 is 2.50 bits per heavy atom. The zero-order valence-electron chi connectivity index (χ0n) is 17.1. The number of amidine groups is 1. The average molecular weight is 470 g/mol. The molecule has 11 heteroatoms. The lowest BCUT2D eigenvalue weighted by Crippen LogP contribution is -2.45. The van der Waals surface area contributed by atoms with E-state index in [0.29, 0.717) is 21.1 Å². The summed E-state index contributed by atoms with van der Waals surface area (Å²) in [7, 11) is -3.70. The van der Waals surface area contributed by atoms with Crippen molar-refractivity contribution in [3.05, 3.63) is 70.7 Å². The first-order valence-corrected chi connectivity index (χ1v) is 11.9. The summed E-state index contributed by atoms with van der Waals surface area (Å²) in [6.07, 6.45) is 0. The van der Waals surface area contributed by atoms with Gasteiger partial charge in [0.2, 0.25) is 0 Å². The van der Waals surface area contributed by atoms with E-state index in [0.717, 1.165) is 5.56 Å². The largest absolute Gasteiger partial charge is 0.281 e. The fraction of sp³-hybridized carbons (Fsp3) is 0.143. The number of nitrogens with zero attached hydrogens (tertiary/aromatic N) is 2. The van der Waals surface area contributed by atoms with Crippen LogP contribution in [0.25, 0.3) is 10.6 Å². The van der Waals surface area contributed by atoms with Gasteiger partial charge in [-0.15, -0.1) is 11.3 Å². The van der Waals surface area contributed by atoms with Crippen molar-refractivity contribution < 1.29 is 18.0 Å². The Morgan fingerprint density at radius 1 is 1.06 bits per heavy atom. The summed E-state index contributed by atoms with van der Waals surface area (Å²) >= 11 is 1.22. The molecule has 0 bridgehead atoms. The lowest BCUT2D eigenvalue weighted by molar-refractivity contribution is -0.122. The fourth-order valence-electron chi connectivity index (χ4n) is 3.07. The van der Waals surface area contributed by atoms with E-state index >= 15 is 0 Å². The molecule has 1 aromatic heterocycles. The van der Waals surface area contributed by atoms with E-state index in [2.05, 4.69) is 25.6 Å². The molecule has 164 valence electrons. The zero-order valence-corrected chi connectivity index (χ0v) is 18.8. The number of rotatable bonds is 4. The number of carbonyl (C=O) groups is 2. The van der Waals surface area contributed by atoms with E-state index in [-0.39, 0.29) is 10.7 Å². The molecule has 32 heavy (non-hydrogen) atoms. The van der Waals surface area contributed by atoms with Crippen molar-refractivity contribution in [3.8, 4) is 10.6 Å². The minimum absolute atomic E-state index is 0.0837. The van der Waals surface area contributed by atoms with E-state index in [1.165, 1.54) is 24.3 Å². The van der Waals surface area contributed by atoms with Gasteiger partial charge >= 0.3 is 0 Å². The molecule has 4 rings (SSSR count). The van der Waals surface area contributed by atoms with E-state index in [4.69, 9.17) is 0 Å². The van der Waals surface area contributed by atoms with Gasteiger partial charge in [0.1, 0.15) is 21.8 Å². The number of amides is 2. The molecule has 9 nitrogen and oxygen atoms in total. The van der Waals surface area contributed by atoms with Gasteiger partial charge < -0.3 is 0 Å². The van der Waals surface area contributed by atoms with E-state index < -0.39 is 27.9 Å². The zero-order chi connectivity index (χ0) is 22.9. The number of aryl methyl sites for hydroxylation is 1. The molecule has 1 aliphatic rings. The standard InChI is InChI=1S/C21H19N5O4S2/c1-12-17(31-21(23-12)14-8-4-3-5-9-14)20(28)25-24-19(27)13(2)22-18-15-10-6-7-11-16(15)32(29,30)26-18/h3-11,13H,1-2H3,(H,22,26)(H,24,27)(H,25,28)/t13-/m0/s1. The lowest BCUT2D eigenvalue weighted by Gasteiger charge is -2.10. The summed E-state index contributed by atoms with van der Waals surface area (Å²) in [4.78, 5) is 34.1. The second-order valence-corrected chi connectivity index (χ2v) is 9.65. The van der Waals surface area contributed by atoms with Crippen LogP contribution in [-0.4, -0.2) is 37.1 Å². The van der Waals surface area contributed by atoms with Crippen LogP contribution in [0.5, 0.6) is 0 Å². The summed E-state index contributed by atoms with van der Waals surface area (Å²) in [6.45, 7) is 3.22. The maximum atomic E-state index is 12.5. The highest BCUT2D eigenvalue weighted by atomic mass is 32.2. The summed E-state index contributed by atoms with van der Waals surface area (Å²) < 4.78 is 26.7. The highest BCUT2D eigenvalue weighted by molar-refractivity contribution is 7.90. The molecule has 3 N–H and O–H groups in total. The Bertz CT molecular complexity index is 1330. The lowest BCUT2D eigenvalue weighted by atomic mass is 10.2. The molecule has 1 atom stereocenters. The Balaban J connectivity index is 1.43. The second-order valence-electron chi connectivity index (χ2n) is 7.00. The minimum Gasteiger partial charge on any atom is -0.271 e. The summed E-state index contributed by atoms with van der Waals surface area (Å²) in [5, 5.41) is 0.700. The van der Waals surface area contributed by atoms with Gasteiger partial charge in [-0.25, -0.2) is 13.4 Å². The maximum Gasteiger partial charge on any atom is 0.281 e. The number of sulfonamides is 1. The Kier molecular flexibility index (Phi) is 5.76. The number of thiazole rings is 1. The van der Waals surface area contributed by atoms with Gasteiger partial charge in [-0.05, 0) is 26.0 Å². The molecule has 2 amide bonds. The summed E-state index contributed by atoms with van der Waals surface area (Å²) in [6, 6.07) is 14.9. The molecule has 0 spiro atoms. The van der Waals surface area contributed by atoms with Crippen LogP contribution < -0.4 is 15.6 Å². The smallest absolute Gasteiger partial charge is 0.271 e. The second kappa shape index (κ2) is 8.52. The van der Waals surface area contributed by atoms with Gasteiger partial charge in [0.15, 0.2) is 0 Å². The van der Waals surface area contributed by atoms with Crippen LogP contribution in [0.2, 0.25) is 0 Å². The number of nitrogens with one attached hydrogen (secondary N) is 3. The van der Waals surface area contributed by atoms with Crippen molar-refractivity contribution in [2.24, 2.45) is 4.99 Å². The average Bonchev–Trinajstić information content (AvgIpc) is 3.30. The van der Waals surface area contributed by atoms with Gasteiger partial charge in [-0.2, -0.15) is 0 Å². The summed E-state index contributed by atoms with van der Waals surface area (Å²) in [5.41, 5.74) is 6.54. The first-order valence-electron chi connectivity index (χ1n) is 9.59. The van der Waals surface area contributed by atoms with Crippen LogP contribution >= 0.6 is 11.3 Å². The number of hydrogen-bond donors (Lipinski definition) is 3. The van der Waals surface area contributed by atoms with Crippen molar-refractivity contribution in [3.63, 3.8) is 0 Å². The molecule has 2 heterocycles. The van der Waals surface area contributed by atoms with Crippen LogP contribution in [0.15, 0.2) is 64.5 Å². The van der Waals surface area contributed by atoms with Crippen molar-refractivity contribution in [2.45, 2.75) is 24.8 Å². The van der Waals surface area contributed by atoms with E-state index in [1.54, 1.807) is 25.1 Å². The third-order valence-electron chi connectivity index (χ3n) is 4.69. The Labute approximate surface area is 188 Å².